The second kappa shape index (κ2) is 8.33. The Morgan fingerprint density at radius 2 is 1.75 bits per heavy atom. The molecule has 0 unspecified atom stereocenters. The van der Waals surface area contributed by atoms with Gasteiger partial charge in [-0.25, -0.2) is 4.39 Å². The zero-order valence-corrected chi connectivity index (χ0v) is 13.9. The number of halogens is 3. The maximum Gasteiger partial charge on any atom is 0.257 e. The van der Waals surface area contributed by atoms with Crippen LogP contribution in [0.25, 0.3) is 0 Å². The van der Waals surface area contributed by atoms with Crippen LogP contribution in [0.3, 0.4) is 0 Å². The van der Waals surface area contributed by atoms with E-state index in [1.165, 1.54) is 30.3 Å². The average molecular weight is 370 g/mol. The molecule has 8 heteroatoms. The number of hydrogen-bond acceptors (Lipinski definition) is 3. The fourth-order valence-corrected chi connectivity index (χ4v) is 1.99. The Morgan fingerprint density at radius 1 is 1.12 bits per heavy atom. The molecule has 2 amide bonds. The first kappa shape index (κ1) is 19.5. The quantitative estimate of drug-likeness (QED) is 0.565. The van der Waals surface area contributed by atoms with Gasteiger partial charge in [-0.1, -0.05) is 18.2 Å². The lowest BCUT2D eigenvalue weighted by Gasteiger charge is -2.10. The Balaban J connectivity index is 0.00000288. The van der Waals surface area contributed by atoms with Gasteiger partial charge in [0.15, 0.2) is 0 Å². The van der Waals surface area contributed by atoms with Crippen molar-refractivity contribution >= 4 is 52.9 Å². The van der Waals surface area contributed by atoms with E-state index in [1.807, 2.05) is 0 Å². The zero-order valence-electron chi connectivity index (χ0n) is 12.3. The van der Waals surface area contributed by atoms with E-state index in [9.17, 15) is 14.0 Å². The molecule has 0 aliphatic heterocycles. The maximum absolute atomic E-state index is 13.1. The minimum Gasteiger partial charge on any atom is -0.398 e. The van der Waals surface area contributed by atoms with Crippen molar-refractivity contribution in [3.05, 3.63) is 65.5 Å². The zero-order chi connectivity index (χ0) is 17.0. The first-order valence-corrected chi connectivity index (χ1v) is 6.88. The van der Waals surface area contributed by atoms with Gasteiger partial charge in [-0.05, 0) is 42.5 Å². The molecular formula is C16H14Cl2FN3O2. The summed E-state index contributed by atoms with van der Waals surface area (Å²) in [5, 5.41) is 5.00. The average Bonchev–Trinajstić information content (AvgIpc) is 2.50. The molecule has 2 aromatic rings. The van der Waals surface area contributed by atoms with Gasteiger partial charge in [0.1, 0.15) is 5.82 Å². The fraction of sp³-hybridized carbons (Fsp3) is 0. The van der Waals surface area contributed by atoms with Crippen LogP contribution in [-0.4, -0.2) is 11.8 Å². The molecule has 0 radical (unpaired) electrons. The standard InChI is InChI=1S/C16H13ClFN3O2.ClH/c1-2-15(22)20-10-3-5-11(14(19)8-10)16(23)21-9-4-6-13(18)12(17)7-9;/h2-8H,1,19H2,(H,20,22)(H,21,23);1H. The smallest absolute Gasteiger partial charge is 0.257 e. The SMILES string of the molecule is C=CC(=O)Nc1ccc(C(=O)Nc2ccc(F)c(Cl)c2)c(N)c1.Cl. The third kappa shape index (κ3) is 4.71. The molecule has 0 atom stereocenters. The Hall–Kier alpha value is -2.57. The number of rotatable bonds is 4. The third-order valence-corrected chi connectivity index (χ3v) is 3.22. The van der Waals surface area contributed by atoms with Gasteiger partial charge in [0.25, 0.3) is 5.91 Å². The van der Waals surface area contributed by atoms with E-state index in [-0.39, 0.29) is 34.6 Å². The van der Waals surface area contributed by atoms with Gasteiger partial charge in [0.2, 0.25) is 5.91 Å². The van der Waals surface area contributed by atoms with Gasteiger partial charge in [0.05, 0.1) is 10.6 Å². The largest absolute Gasteiger partial charge is 0.398 e. The molecule has 0 fully saturated rings. The number of amides is 2. The summed E-state index contributed by atoms with van der Waals surface area (Å²) in [5.74, 6) is -1.44. The highest BCUT2D eigenvalue weighted by molar-refractivity contribution is 6.31. The summed E-state index contributed by atoms with van der Waals surface area (Å²) in [5.41, 5.74) is 6.99. The summed E-state index contributed by atoms with van der Waals surface area (Å²) in [6, 6.07) is 8.28. The maximum atomic E-state index is 13.1. The lowest BCUT2D eigenvalue weighted by Crippen LogP contribution is -2.15. The lowest BCUT2D eigenvalue weighted by molar-refractivity contribution is -0.111. The van der Waals surface area contributed by atoms with Crippen molar-refractivity contribution in [1.29, 1.82) is 0 Å². The van der Waals surface area contributed by atoms with E-state index < -0.39 is 11.7 Å². The molecule has 0 spiro atoms. The molecule has 5 nitrogen and oxygen atoms in total. The van der Waals surface area contributed by atoms with Crippen LogP contribution < -0.4 is 16.4 Å². The number of nitrogens with one attached hydrogen (secondary N) is 2. The van der Waals surface area contributed by atoms with Gasteiger partial charge in [-0.3, -0.25) is 9.59 Å². The molecular weight excluding hydrogens is 356 g/mol. The third-order valence-electron chi connectivity index (χ3n) is 2.93. The number of anilines is 3. The first-order valence-electron chi connectivity index (χ1n) is 6.50. The van der Waals surface area contributed by atoms with Gasteiger partial charge in [-0.15, -0.1) is 12.4 Å². The van der Waals surface area contributed by atoms with Crippen LogP contribution in [0.2, 0.25) is 5.02 Å². The van der Waals surface area contributed by atoms with Gasteiger partial charge in [0, 0.05) is 17.1 Å². The van der Waals surface area contributed by atoms with E-state index in [0.29, 0.717) is 11.4 Å². The number of nitrogens with two attached hydrogens (primary N) is 1. The van der Waals surface area contributed by atoms with Crippen molar-refractivity contribution in [2.75, 3.05) is 16.4 Å². The van der Waals surface area contributed by atoms with Crippen LogP contribution in [0.15, 0.2) is 49.1 Å². The molecule has 0 aromatic heterocycles. The number of benzene rings is 2. The molecule has 0 bridgehead atoms. The summed E-state index contributed by atoms with van der Waals surface area (Å²) >= 11 is 5.66. The summed E-state index contributed by atoms with van der Waals surface area (Å²) in [6.45, 7) is 3.34. The Bertz CT molecular complexity index is 797. The highest BCUT2D eigenvalue weighted by Crippen LogP contribution is 2.22. The van der Waals surface area contributed by atoms with E-state index in [4.69, 9.17) is 17.3 Å². The second-order valence-corrected chi connectivity index (χ2v) is 4.99. The summed E-state index contributed by atoms with van der Waals surface area (Å²) < 4.78 is 13.1. The number of hydrogen-bond donors (Lipinski definition) is 3. The van der Waals surface area contributed by atoms with Crippen LogP contribution in [0.1, 0.15) is 10.4 Å². The summed E-state index contributed by atoms with van der Waals surface area (Å²) in [7, 11) is 0. The van der Waals surface area contributed by atoms with E-state index >= 15 is 0 Å². The van der Waals surface area contributed by atoms with Gasteiger partial charge >= 0.3 is 0 Å². The fourth-order valence-electron chi connectivity index (χ4n) is 1.81. The van der Waals surface area contributed by atoms with Crippen LogP contribution >= 0.6 is 24.0 Å². The van der Waals surface area contributed by atoms with Crippen LogP contribution in [0, 0.1) is 5.82 Å². The van der Waals surface area contributed by atoms with Crippen molar-refractivity contribution in [3.63, 3.8) is 0 Å². The van der Waals surface area contributed by atoms with Crippen molar-refractivity contribution in [2.24, 2.45) is 0 Å². The Kier molecular flexibility index (Phi) is 6.76. The Morgan fingerprint density at radius 3 is 2.33 bits per heavy atom. The highest BCUT2D eigenvalue weighted by atomic mass is 35.5. The van der Waals surface area contributed by atoms with Crippen molar-refractivity contribution in [2.45, 2.75) is 0 Å². The molecule has 4 N–H and O–H groups in total. The van der Waals surface area contributed by atoms with E-state index in [1.54, 1.807) is 0 Å². The van der Waals surface area contributed by atoms with Crippen molar-refractivity contribution < 1.29 is 14.0 Å². The Labute approximate surface area is 149 Å². The molecule has 0 saturated carbocycles. The van der Waals surface area contributed by atoms with Gasteiger partial charge in [-0.2, -0.15) is 0 Å². The molecule has 126 valence electrons. The van der Waals surface area contributed by atoms with Crippen molar-refractivity contribution in [3.8, 4) is 0 Å². The monoisotopic (exact) mass is 369 g/mol. The molecule has 2 rings (SSSR count). The van der Waals surface area contributed by atoms with Crippen molar-refractivity contribution in [1.82, 2.24) is 0 Å². The molecule has 2 aromatic carbocycles. The summed E-state index contributed by atoms with van der Waals surface area (Å²) in [6.07, 6.45) is 1.12. The number of nitrogen functional groups attached to an aromatic ring is 1. The van der Waals surface area contributed by atoms with Crippen LogP contribution in [0.4, 0.5) is 21.5 Å². The number of carbonyl (C=O) groups is 2. The molecule has 0 aliphatic carbocycles. The molecule has 0 saturated heterocycles. The molecule has 24 heavy (non-hydrogen) atoms. The van der Waals surface area contributed by atoms with Crippen LogP contribution in [0.5, 0.6) is 0 Å². The molecule has 0 heterocycles. The minimum atomic E-state index is -0.577. The second-order valence-electron chi connectivity index (χ2n) is 4.58. The predicted octanol–water partition coefficient (Wildman–Crippen LogP) is 3.86. The first-order chi connectivity index (χ1) is 10.9. The topological polar surface area (TPSA) is 84.2 Å². The number of carbonyl (C=O) groups excluding carboxylic acids is 2. The normalized spacial score (nSPS) is 9.58. The van der Waals surface area contributed by atoms with E-state index in [2.05, 4.69) is 17.2 Å². The lowest BCUT2D eigenvalue weighted by atomic mass is 10.1. The predicted molar refractivity (Wildman–Crippen MR) is 96.3 cm³/mol. The summed E-state index contributed by atoms with van der Waals surface area (Å²) in [4.78, 5) is 23.4. The highest BCUT2D eigenvalue weighted by Gasteiger charge is 2.12. The minimum absolute atomic E-state index is 0. The van der Waals surface area contributed by atoms with Gasteiger partial charge < -0.3 is 16.4 Å². The van der Waals surface area contributed by atoms with E-state index in [0.717, 1.165) is 12.1 Å². The van der Waals surface area contributed by atoms with Crippen LogP contribution in [-0.2, 0) is 4.79 Å². The molecule has 0 aliphatic rings.